The van der Waals surface area contributed by atoms with Crippen LogP contribution >= 0.6 is 0 Å². The van der Waals surface area contributed by atoms with E-state index in [1.165, 1.54) is 0 Å². The lowest BCUT2D eigenvalue weighted by Gasteiger charge is -2.02. The number of anilines is 2. The van der Waals surface area contributed by atoms with E-state index >= 15 is 0 Å². The summed E-state index contributed by atoms with van der Waals surface area (Å²) >= 11 is 0. The summed E-state index contributed by atoms with van der Waals surface area (Å²) < 4.78 is 1.91. The summed E-state index contributed by atoms with van der Waals surface area (Å²) in [6, 6.07) is 1.81. The maximum atomic E-state index is 5.64. The van der Waals surface area contributed by atoms with Crippen molar-refractivity contribution in [1.82, 2.24) is 14.5 Å². The second-order valence-corrected chi connectivity index (χ2v) is 2.87. The molecule has 0 aliphatic rings. The topological polar surface area (TPSA) is 68.8 Å². The van der Waals surface area contributed by atoms with Gasteiger partial charge in [0.25, 0.3) is 0 Å². The second-order valence-electron chi connectivity index (χ2n) is 2.87. The van der Waals surface area contributed by atoms with Crippen LogP contribution in [0.2, 0.25) is 0 Å². The Hall–Kier alpha value is -1.78. The van der Waals surface area contributed by atoms with Crippen molar-refractivity contribution in [3.05, 3.63) is 12.4 Å². The molecule has 0 fully saturated rings. The molecule has 0 atom stereocenters. The molecule has 68 valence electrons. The number of rotatable bonds is 1. The number of nitrogens with one attached hydrogen (secondary N) is 1. The van der Waals surface area contributed by atoms with E-state index in [1.54, 1.807) is 13.4 Å². The summed E-state index contributed by atoms with van der Waals surface area (Å²) in [4.78, 5) is 8.34. The molecule has 5 nitrogen and oxygen atoms in total. The highest BCUT2D eigenvalue weighted by Crippen LogP contribution is 2.20. The molecule has 0 saturated carbocycles. The molecular weight excluding hydrogens is 166 g/mol. The van der Waals surface area contributed by atoms with Crippen LogP contribution in [0.4, 0.5) is 11.6 Å². The lowest BCUT2D eigenvalue weighted by atomic mass is 10.3. The third kappa shape index (κ3) is 1.09. The Morgan fingerprint density at radius 1 is 1.54 bits per heavy atom. The van der Waals surface area contributed by atoms with Crippen molar-refractivity contribution in [1.29, 1.82) is 0 Å². The fourth-order valence-corrected chi connectivity index (χ4v) is 1.32. The molecule has 0 bridgehead atoms. The van der Waals surface area contributed by atoms with Crippen LogP contribution in [0, 0.1) is 0 Å². The summed E-state index contributed by atoms with van der Waals surface area (Å²) in [5, 5.41) is 2.96. The van der Waals surface area contributed by atoms with Crippen LogP contribution in [0.15, 0.2) is 12.4 Å². The maximum Gasteiger partial charge on any atom is 0.156 e. The van der Waals surface area contributed by atoms with E-state index in [1.807, 2.05) is 17.7 Å². The minimum Gasteiger partial charge on any atom is -0.384 e. The van der Waals surface area contributed by atoms with E-state index in [0.717, 1.165) is 16.9 Å². The minimum atomic E-state index is 0.500. The third-order valence-electron chi connectivity index (χ3n) is 1.97. The van der Waals surface area contributed by atoms with Gasteiger partial charge in [-0.05, 0) is 0 Å². The molecule has 3 N–H and O–H groups in total. The maximum absolute atomic E-state index is 5.64. The summed E-state index contributed by atoms with van der Waals surface area (Å²) in [5.74, 6) is 1.22. The molecular formula is C8H11N5. The Labute approximate surface area is 75.6 Å². The lowest BCUT2D eigenvalue weighted by molar-refractivity contribution is 0.947. The van der Waals surface area contributed by atoms with Gasteiger partial charge in [-0.1, -0.05) is 0 Å². The van der Waals surface area contributed by atoms with Crippen LogP contribution in [0.1, 0.15) is 0 Å². The Balaban J connectivity index is 2.84. The standard InChI is InChI=1S/C8H11N5/c1-10-8-7-5(3-6(9)12-8)13(2)4-11-7/h3-4H,1-2H3,(H3,9,10,12). The predicted octanol–water partition coefficient (Wildman–Crippen LogP) is 0.592. The van der Waals surface area contributed by atoms with Crippen molar-refractivity contribution >= 4 is 22.7 Å². The smallest absolute Gasteiger partial charge is 0.156 e. The monoisotopic (exact) mass is 177 g/mol. The van der Waals surface area contributed by atoms with Gasteiger partial charge in [0.2, 0.25) is 0 Å². The molecule has 0 spiro atoms. The zero-order valence-corrected chi connectivity index (χ0v) is 7.57. The minimum absolute atomic E-state index is 0.500. The van der Waals surface area contributed by atoms with E-state index in [2.05, 4.69) is 15.3 Å². The number of nitrogen functional groups attached to an aromatic ring is 1. The first-order valence-corrected chi connectivity index (χ1v) is 3.97. The van der Waals surface area contributed by atoms with Crippen LogP contribution in [-0.2, 0) is 7.05 Å². The number of nitrogens with zero attached hydrogens (tertiary/aromatic N) is 3. The van der Waals surface area contributed by atoms with E-state index in [9.17, 15) is 0 Å². The van der Waals surface area contributed by atoms with Crippen LogP contribution in [0.3, 0.4) is 0 Å². The molecule has 13 heavy (non-hydrogen) atoms. The van der Waals surface area contributed by atoms with Gasteiger partial charge in [0.15, 0.2) is 5.82 Å². The third-order valence-corrected chi connectivity index (χ3v) is 1.97. The summed E-state index contributed by atoms with van der Waals surface area (Å²) in [5.41, 5.74) is 7.47. The molecule has 2 heterocycles. The summed E-state index contributed by atoms with van der Waals surface area (Å²) in [7, 11) is 3.73. The summed E-state index contributed by atoms with van der Waals surface area (Å²) in [6.45, 7) is 0. The number of nitrogens with two attached hydrogens (primary N) is 1. The van der Waals surface area contributed by atoms with E-state index < -0.39 is 0 Å². The van der Waals surface area contributed by atoms with Crippen molar-refractivity contribution in [3.63, 3.8) is 0 Å². The molecule has 0 aliphatic carbocycles. The highest BCUT2D eigenvalue weighted by molar-refractivity contribution is 5.87. The van der Waals surface area contributed by atoms with Crippen molar-refractivity contribution in [2.45, 2.75) is 0 Å². The number of imidazole rings is 1. The first-order valence-electron chi connectivity index (χ1n) is 3.97. The Morgan fingerprint density at radius 3 is 3.00 bits per heavy atom. The van der Waals surface area contributed by atoms with Gasteiger partial charge in [0.1, 0.15) is 11.3 Å². The largest absolute Gasteiger partial charge is 0.384 e. The number of pyridine rings is 1. The van der Waals surface area contributed by atoms with E-state index in [4.69, 9.17) is 5.73 Å². The molecule has 2 rings (SSSR count). The van der Waals surface area contributed by atoms with Crippen LogP contribution < -0.4 is 11.1 Å². The number of hydrogen-bond donors (Lipinski definition) is 2. The summed E-state index contributed by atoms with van der Waals surface area (Å²) in [6.07, 6.45) is 1.74. The van der Waals surface area contributed by atoms with Crippen molar-refractivity contribution in [2.75, 3.05) is 18.1 Å². The highest BCUT2D eigenvalue weighted by Gasteiger charge is 2.06. The van der Waals surface area contributed by atoms with Crippen molar-refractivity contribution in [3.8, 4) is 0 Å². The fraction of sp³-hybridized carbons (Fsp3) is 0.250. The number of fused-ring (bicyclic) bond motifs is 1. The van der Waals surface area contributed by atoms with Crippen LogP contribution in [0.25, 0.3) is 11.0 Å². The molecule has 5 heteroatoms. The SMILES string of the molecule is CNc1nc(N)cc2c1ncn2C. The fourth-order valence-electron chi connectivity index (χ4n) is 1.32. The number of hydrogen-bond acceptors (Lipinski definition) is 4. The molecule has 2 aromatic heterocycles. The zero-order valence-electron chi connectivity index (χ0n) is 7.57. The molecule has 0 aromatic carbocycles. The van der Waals surface area contributed by atoms with Gasteiger partial charge in [-0.15, -0.1) is 0 Å². The molecule has 0 unspecified atom stereocenters. The molecule has 2 aromatic rings. The normalized spacial score (nSPS) is 10.6. The first-order chi connectivity index (χ1) is 6.22. The second kappa shape index (κ2) is 2.62. The van der Waals surface area contributed by atoms with Crippen molar-refractivity contribution < 1.29 is 0 Å². The van der Waals surface area contributed by atoms with Gasteiger partial charge in [-0.2, -0.15) is 0 Å². The lowest BCUT2D eigenvalue weighted by Crippen LogP contribution is -1.98. The quantitative estimate of drug-likeness (QED) is 0.669. The van der Waals surface area contributed by atoms with Crippen LogP contribution in [0.5, 0.6) is 0 Å². The Kier molecular flexibility index (Phi) is 1.58. The Bertz CT molecular complexity index is 445. The average Bonchev–Trinajstić information content (AvgIpc) is 2.47. The first kappa shape index (κ1) is 7.85. The van der Waals surface area contributed by atoms with Gasteiger partial charge in [0.05, 0.1) is 11.8 Å². The van der Waals surface area contributed by atoms with Gasteiger partial charge in [-0.25, -0.2) is 9.97 Å². The Morgan fingerprint density at radius 2 is 2.31 bits per heavy atom. The van der Waals surface area contributed by atoms with Crippen LogP contribution in [-0.4, -0.2) is 21.6 Å². The average molecular weight is 177 g/mol. The van der Waals surface area contributed by atoms with Gasteiger partial charge < -0.3 is 15.6 Å². The molecule has 0 aliphatic heterocycles. The van der Waals surface area contributed by atoms with E-state index in [0.29, 0.717) is 5.82 Å². The van der Waals surface area contributed by atoms with Gasteiger partial charge >= 0.3 is 0 Å². The van der Waals surface area contributed by atoms with Gasteiger partial charge in [-0.3, -0.25) is 0 Å². The van der Waals surface area contributed by atoms with Gasteiger partial charge in [0, 0.05) is 20.2 Å². The molecule has 0 saturated heterocycles. The number of aromatic nitrogens is 3. The number of aryl methyl sites for hydroxylation is 1. The zero-order chi connectivity index (χ0) is 9.42. The van der Waals surface area contributed by atoms with Crippen molar-refractivity contribution in [2.24, 2.45) is 7.05 Å². The highest BCUT2D eigenvalue weighted by atomic mass is 15.1. The molecule has 0 amide bonds. The molecule has 0 radical (unpaired) electrons. The van der Waals surface area contributed by atoms with E-state index in [-0.39, 0.29) is 0 Å². The predicted molar refractivity (Wildman–Crippen MR) is 52.5 cm³/mol.